The van der Waals surface area contributed by atoms with E-state index in [-0.39, 0.29) is 5.91 Å². The number of carbonyl (C=O) groups excluding carboxylic acids is 1. The van der Waals surface area contributed by atoms with Gasteiger partial charge in [0.05, 0.1) is 0 Å². The van der Waals surface area contributed by atoms with Crippen LogP contribution in [-0.4, -0.2) is 15.9 Å². The zero-order valence-electron chi connectivity index (χ0n) is 17.1. The predicted molar refractivity (Wildman–Crippen MR) is 123 cm³/mol. The van der Waals surface area contributed by atoms with Crippen LogP contribution in [0.1, 0.15) is 21.5 Å². The van der Waals surface area contributed by atoms with Crippen LogP contribution in [0.3, 0.4) is 0 Å². The van der Waals surface area contributed by atoms with Crippen LogP contribution < -0.4 is 10.1 Å². The molecule has 0 aliphatic heterocycles. The molecule has 3 aromatic carbocycles. The fraction of sp³-hybridized carbons (Fsp3) is 0.0800. The fourth-order valence-corrected chi connectivity index (χ4v) is 3.09. The van der Waals surface area contributed by atoms with Crippen LogP contribution in [-0.2, 0) is 0 Å². The Kier molecular flexibility index (Phi) is 5.96. The molecule has 0 atom stereocenters. The van der Waals surface area contributed by atoms with E-state index in [0.29, 0.717) is 33.7 Å². The number of hydrogen-bond donors (Lipinski definition) is 1. The van der Waals surface area contributed by atoms with Gasteiger partial charge in [-0.3, -0.25) is 4.79 Å². The van der Waals surface area contributed by atoms with E-state index in [1.165, 1.54) is 5.56 Å². The quantitative estimate of drug-likeness (QED) is 0.395. The van der Waals surface area contributed by atoms with Crippen molar-refractivity contribution in [1.29, 1.82) is 0 Å². The van der Waals surface area contributed by atoms with Crippen LogP contribution in [0, 0.1) is 13.8 Å². The van der Waals surface area contributed by atoms with Gasteiger partial charge in [0.1, 0.15) is 5.75 Å². The second kappa shape index (κ2) is 8.98. The van der Waals surface area contributed by atoms with Crippen LogP contribution in [0.4, 0.5) is 5.69 Å². The lowest BCUT2D eigenvalue weighted by Gasteiger charge is -2.09. The standard InChI is InChI=1S/C25H20ClN3O2/c1-16-3-6-18(7-4-16)24-27-14-13-23(29-24)31-21-11-8-19(9-12-21)25(30)28-20-10-5-17(2)22(26)15-20/h3-15H,1-2H3,(H,28,30). The van der Waals surface area contributed by atoms with E-state index in [4.69, 9.17) is 16.3 Å². The highest BCUT2D eigenvalue weighted by atomic mass is 35.5. The van der Waals surface area contributed by atoms with Crippen molar-refractivity contribution in [3.63, 3.8) is 0 Å². The van der Waals surface area contributed by atoms with Gasteiger partial charge in [-0.1, -0.05) is 47.5 Å². The van der Waals surface area contributed by atoms with Gasteiger partial charge in [0, 0.05) is 34.1 Å². The largest absolute Gasteiger partial charge is 0.439 e. The number of nitrogens with zero attached hydrogens (tertiary/aromatic N) is 2. The molecular formula is C25H20ClN3O2. The summed E-state index contributed by atoms with van der Waals surface area (Å²) in [5.41, 5.74) is 4.19. The number of aromatic nitrogens is 2. The fourth-order valence-electron chi connectivity index (χ4n) is 2.91. The van der Waals surface area contributed by atoms with E-state index in [1.807, 2.05) is 50.2 Å². The minimum absolute atomic E-state index is 0.227. The number of amides is 1. The second-order valence-electron chi connectivity index (χ2n) is 7.13. The van der Waals surface area contributed by atoms with E-state index >= 15 is 0 Å². The van der Waals surface area contributed by atoms with E-state index in [0.717, 1.165) is 11.1 Å². The van der Waals surface area contributed by atoms with E-state index < -0.39 is 0 Å². The Morgan fingerprint density at radius 1 is 0.935 bits per heavy atom. The molecule has 0 spiro atoms. The van der Waals surface area contributed by atoms with Gasteiger partial charge in [-0.25, -0.2) is 4.98 Å². The molecule has 1 aromatic heterocycles. The third-order valence-electron chi connectivity index (χ3n) is 4.71. The first-order valence-electron chi connectivity index (χ1n) is 9.73. The maximum atomic E-state index is 12.5. The van der Waals surface area contributed by atoms with Crippen LogP contribution >= 0.6 is 11.6 Å². The molecule has 6 heteroatoms. The molecule has 4 rings (SSSR count). The number of carbonyl (C=O) groups is 1. The zero-order valence-corrected chi connectivity index (χ0v) is 17.9. The van der Waals surface area contributed by atoms with Crippen molar-refractivity contribution in [3.8, 4) is 23.0 Å². The summed E-state index contributed by atoms with van der Waals surface area (Å²) in [6, 6.07) is 21.9. The summed E-state index contributed by atoms with van der Waals surface area (Å²) in [5.74, 6) is 1.36. The van der Waals surface area contributed by atoms with E-state index in [1.54, 1.807) is 42.6 Å². The number of rotatable bonds is 5. The number of nitrogens with one attached hydrogen (secondary N) is 1. The van der Waals surface area contributed by atoms with Gasteiger partial charge in [0.15, 0.2) is 5.82 Å². The van der Waals surface area contributed by atoms with E-state index in [9.17, 15) is 4.79 Å². The Morgan fingerprint density at radius 2 is 1.68 bits per heavy atom. The van der Waals surface area contributed by atoms with Gasteiger partial charge in [0.2, 0.25) is 5.88 Å². The summed E-state index contributed by atoms with van der Waals surface area (Å²) in [5, 5.41) is 3.45. The number of anilines is 1. The first-order valence-corrected chi connectivity index (χ1v) is 10.1. The Hall–Kier alpha value is -3.70. The Balaban J connectivity index is 1.45. The predicted octanol–water partition coefficient (Wildman–Crippen LogP) is 6.46. The number of benzene rings is 3. The SMILES string of the molecule is Cc1ccc(-c2nccc(Oc3ccc(C(=O)Nc4ccc(C)c(Cl)c4)cc3)n2)cc1. The molecule has 0 aliphatic carbocycles. The maximum Gasteiger partial charge on any atom is 0.255 e. The van der Waals surface area contributed by atoms with E-state index in [2.05, 4.69) is 15.3 Å². The number of aryl methyl sites for hydroxylation is 2. The van der Waals surface area contributed by atoms with Gasteiger partial charge in [-0.05, 0) is 55.8 Å². The molecule has 0 aliphatic rings. The third-order valence-corrected chi connectivity index (χ3v) is 5.12. The van der Waals surface area contributed by atoms with Crippen molar-refractivity contribution in [2.45, 2.75) is 13.8 Å². The van der Waals surface area contributed by atoms with Crippen LogP contribution in [0.5, 0.6) is 11.6 Å². The highest BCUT2D eigenvalue weighted by Gasteiger charge is 2.09. The molecule has 0 saturated heterocycles. The Bertz CT molecular complexity index is 1220. The monoisotopic (exact) mass is 429 g/mol. The second-order valence-corrected chi connectivity index (χ2v) is 7.54. The molecule has 5 nitrogen and oxygen atoms in total. The molecule has 1 N–H and O–H groups in total. The molecule has 1 amide bonds. The minimum atomic E-state index is -0.227. The molecule has 31 heavy (non-hydrogen) atoms. The molecule has 154 valence electrons. The minimum Gasteiger partial charge on any atom is -0.439 e. The first kappa shape index (κ1) is 20.6. The molecule has 0 radical (unpaired) electrons. The summed E-state index contributed by atoms with van der Waals surface area (Å²) in [6.45, 7) is 3.94. The Labute approximate surface area is 185 Å². The van der Waals surface area contributed by atoms with Crippen molar-refractivity contribution in [3.05, 3.63) is 101 Å². The van der Waals surface area contributed by atoms with Crippen molar-refractivity contribution in [1.82, 2.24) is 9.97 Å². The molecular weight excluding hydrogens is 410 g/mol. The lowest BCUT2D eigenvalue weighted by atomic mass is 10.1. The van der Waals surface area contributed by atoms with Crippen LogP contribution in [0.2, 0.25) is 5.02 Å². The highest BCUT2D eigenvalue weighted by Crippen LogP contribution is 2.24. The van der Waals surface area contributed by atoms with Gasteiger partial charge in [0.25, 0.3) is 5.91 Å². The van der Waals surface area contributed by atoms with Crippen molar-refractivity contribution in [2.24, 2.45) is 0 Å². The van der Waals surface area contributed by atoms with Gasteiger partial charge >= 0.3 is 0 Å². The maximum absolute atomic E-state index is 12.5. The summed E-state index contributed by atoms with van der Waals surface area (Å²) < 4.78 is 5.85. The van der Waals surface area contributed by atoms with Crippen LogP contribution in [0.15, 0.2) is 79.0 Å². The van der Waals surface area contributed by atoms with Crippen molar-refractivity contribution >= 4 is 23.2 Å². The highest BCUT2D eigenvalue weighted by molar-refractivity contribution is 6.31. The molecule has 0 bridgehead atoms. The number of halogens is 1. The summed E-state index contributed by atoms with van der Waals surface area (Å²) in [4.78, 5) is 21.3. The normalized spacial score (nSPS) is 10.5. The average molecular weight is 430 g/mol. The summed E-state index contributed by atoms with van der Waals surface area (Å²) >= 11 is 6.12. The smallest absolute Gasteiger partial charge is 0.255 e. The van der Waals surface area contributed by atoms with Crippen molar-refractivity contribution in [2.75, 3.05) is 5.32 Å². The van der Waals surface area contributed by atoms with Crippen LogP contribution in [0.25, 0.3) is 11.4 Å². The topological polar surface area (TPSA) is 64.1 Å². The van der Waals surface area contributed by atoms with Crippen molar-refractivity contribution < 1.29 is 9.53 Å². The molecule has 1 heterocycles. The molecule has 0 saturated carbocycles. The number of ether oxygens (including phenoxy) is 1. The van der Waals surface area contributed by atoms with Gasteiger partial charge < -0.3 is 10.1 Å². The Morgan fingerprint density at radius 3 is 2.39 bits per heavy atom. The zero-order chi connectivity index (χ0) is 21.8. The third kappa shape index (κ3) is 5.08. The molecule has 4 aromatic rings. The summed E-state index contributed by atoms with van der Waals surface area (Å²) in [7, 11) is 0. The first-order chi connectivity index (χ1) is 15.0. The molecule has 0 unspecified atom stereocenters. The summed E-state index contributed by atoms with van der Waals surface area (Å²) in [6.07, 6.45) is 1.66. The number of hydrogen-bond acceptors (Lipinski definition) is 4. The average Bonchev–Trinajstić information content (AvgIpc) is 2.77. The van der Waals surface area contributed by atoms with Gasteiger partial charge in [-0.15, -0.1) is 0 Å². The molecule has 0 fully saturated rings. The van der Waals surface area contributed by atoms with Gasteiger partial charge in [-0.2, -0.15) is 4.98 Å². The lowest BCUT2D eigenvalue weighted by Crippen LogP contribution is -2.11. The lowest BCUT2D eigenvalue weighted by molar-refractivity contribution is 0.102.